The van der Waals surface area contributed by atoms with E-state index in [9.17, 15) is 0 Å². The smallest absolute Gasteiger partial charge is 0.222 e. The standard InChI is InChI=1S/C10H14ClN3/c1-8-3-2-6-14(8)7-9-4-5-12-10(11)13-9/h4-5,8H,2-3,6-7H2,1H3. The van der Waals surface area contributed by atoms with Gasteiger partial charge in [0.25, 0.3) is 0 Å². The first-order valence-corrected chi connectivity index (χ1v) is 5.35. The third-order valence-corrected chi connectivity index (χ3v) is 2.92. The molecule has 1 fully saturated rings. The summed E-state index contributed by atoms with van der Waals surface area (Å²) in [6.07, 6.45) is 4.30. The second-order valence-corrected chi connectivity index (χ2v) is 4.12. The van der Waals surface area contributed by atoms with Gasteiger partial charge in [-0.2, -0.15) is 0 Å². The van der Waals surface area contributed by atoms with Crippen LogP contribution in [-0.2, 0) is 6.54 Å². The molecule has 1 unspecified atom stereocenters. The van der Waals surface area contributed by atoms with Gasteiger partial charge in [0.1, 0.15) is 0 Å². The zero-order valence-electron chi connectivity index (χ0n) is 8.28. The molecule has 0 bridgehead atoms. The Balaban J connectivity index is 2.03. The molecule has 0 aliphatic carbocycles. The molecule has 2 rings (SSSR count). The highest BCUT2D eigenvalue weighted by Crippen LogP contribution is 2.18. The first-order chi connectivity index (χ1) is 6.75. The Morgan fingerprint density at radius 3 is 3.14 bits per heavy atom. The minimum Gasteiger partial charge on any atom is -0.295 e. The van der Waals surface area contributed by atoms with Gasteiger partial charge in [-0.3, -0.25) is 4.90 Å². The molecule has 0 N–H and O–H groups in total. The van der Waals surface area contributed by atoms with Crippen molar-refractivity contribution in [1.82, 2.24) is 14.9 Å². The van der Waals surface area contributed by atoms with Crippen LogP contribution in [0.2, 0.25) is 5.28 Å². The number of likely N-dealkylation sites (tertiary alicyclic amines) is 1. The molecule has 3 nitrogen and oxygen atoms in total. The topological polar surface area (TPSA) is 29.0 Å². The minimum atomic E-state index is 0.342. The largest absolute Gasteiger partial charge is 0.295 e. The molecular formula is C10H14ClN3. The molecule has 76 valence electrons. The monoisotopic (exact) mass is 211 g/mol. The lowest BCUT2D eigenvalue weighted by atomic mass is 10.2. The van der Waals surface area contributed by atoms with Gasteiger partial charge in [0.05, 0.1) is 5.69 Å². The maximum atomic E-state index is 5.73. The summed E-state index contributed by atoms with van der Waals surface area (Å²) >= 11 is 5.73. The summed E-state index contributed by atoms with van der Waals surface area (Å²) in [5.41, 5.74) is 1.01. The van der Waals surface area contributed by atoms with E-state index in [0.29, 0.717) is 11.3 Å². The molecule has 1 aromatic heterocycles. The molecule has 1 saturated heterocycles. The fourth-order valence-electron chi connectivity index (χ4n) is 1.89. The molecule has 14 heavy (non-hydrogen) atoms. The lowest BCUT2D eigenvalue weighted by Gasteiger charge is -2.19. The average Bonchev–Trinajstić information content (AvgIpc) is 2.52. The zero-order valence-corrected chi connectivity index (χ0v) is 9.04. The molecule has 0 aromatic carbocycles. The minimum absolute atomic E-state index is 0.342. The Morgan fingerprint density at radius 1 is 1.64 bits per heavy atom. The van der Waals surface area contributed by atoms with Crippen molar-refractivity contribution in [1.29, 1.82) is 0 Å². The van der Waals surface area contributed by atoms with Crippen molar-refractivity contribution in [3.8, 4) is 0 Å². The highest BCUT2D eigenvalue weighted by atomic mass is 35.5. The summed E-state index contributed by atoms with van der Waals surface area (Å²) in [6, 6.07) is 2.60. The van der Waals surface area contributed by atoms with Gasteiger partial charge in [0.15, 0.2) is 0 Å². The van der Waals surface area contributed by atoms with Crippen LogP contribution in [0, 0.1) is 0 Å². The third kappa shape index (κ3) is 2.22. The molecule has 0 spiro atoms. The predicted molar refractivity (Wildman–Crippen MR) is 56.1 cm³/mol. The van der Waals surface area contributed by atoms with E-state index in [0.717, 1.165) is 12.2 Å². The van der Waals surface area contributed by atoms with Gasteiger partial charge < -0.3 is 0 Å². The van der Waals surface area contributed by atoms with E-state index in [4.69, 9.17) is 11.6 Å². The number of rotatable bonds is 2. The quantitative estimate of drug-likeness (QED) is 0.702. The van der Waals surface area contributed by atoms with Crippen LogP contribution in [0.5, 0.6) is 0 Å². The van der Waals surface area contributed by atoms with Crippen LogP contribution in [-0.4, -0.2) is 27.5 Å². The molecule has 2 heterocycles. The van der Waals surface area contributed by atoms with Gasteiger partial charge in [-0.25, -0.2) is 9.97 Å². The van der Waals surface area contributed by atoms with Crippen molar-refractivity contribution in [2.24, 2.45) is 0 Å². The van der Waals surface area contributed by atoms with Crippen molar-refractivity contribution in [3.05, 3.63) is 23.2 Å². The van der Waals surface area contributed by atoms with Gasteiger partial charge in [-0.05, 0) is 44.0 Å². The van der Waals surface area contributed by atoms with Crippen molar-refractivity contribution < 1.29 is 0 Å². The van der Waals surface area contributed by atoms with Gasteiger partial charge in [0.2, 0.25) is 5.28 Å². The molecule has 1 aromatic rings. The van der Waals surface area contributed by atoms with Crippen LogP contribution in [0.4, 0.5) is 0 Å². The lowest BCUT2D eigenvalue weighted by Crippen LogP contribution is -2.26. The summed E-state index contributed by atoms with van der Waals surface area (Å²) in [6.45, 7) is 4.32. The van der Waals surface area contributed by atoms with E-state index < -0.39 is 0 Å². The highest BCUT2D eigenvalue weighted by molar-refractivity contribution is 6.28. The number of aromatic nitrogens is 2. The highest BCUT2D eigenvalue weighted by Gasteiger charge is 2.20. The van der Waals surface area contributed by atoms with Crippen molar-refractivity contribution in [2.45, 2.75) is 32.4 Å². The first kappa shape index (κ1) is 9.87. The van der Waals surface area contributed by atoms with E-state index in [2.05, 4.69) is 21.8 Å². The summed E-state index contributed by atoms with van der Waals surface area (Å²) < 4.78 is 0. The molecule has 0 amide bonds. The summed E-state index contributed by atoms with van der Waals surface area (Å²) in [7, 11) is 0. The molecule has 1 aliphatic heterocycles. The Morgan fingerprint density at radius 2 is 2.50 bits per heavy atom. The summed E-state index contributed by atoms with van der Waals surface area (Å²) in [5.74, 6) is 0. The molecular weight excluding hydrogens is 198 g/mol. The fraction of sp³-hybridized carbons (Fsp3) is 0.600. The molecule has 1 aliphatic rings. The first-order valence-electron chi connectivity index (χ1n) is 4.97. The Bertz CT molecular complexity index is 316. The van der Waals surface area contributed by atoms with Gasteiger partial charge >= 0.3 is 0 Å². The van der Waals surface area contributed by atoms with E-state index in [1.807, 2.05) is 6.07 Å². The third-order valence-electron chi connectivity index (χ3n) is 2.74. The number of hydrogen-bond donors (Lipinski definition) is 0. The van der Waals surface area contributed by atoms with Gasteiger partial charge in [-0.15, -0.1) is 0 Å². The maximum absolute atomic E-state index is 5.73. The van der Waals surface area contributed by atoms with E-state index in [1.165, 1.54) is 19.4 Å². The fourth-order valence-corrected chi connectivity index (χ4v) is 2.06. The Labute approximate surface area is 89.1 Å². The molecule has 0 saturated carbocycles. The Hall–Kier alpha value is -0.670. The molecule has 4 heteroatoms. The summed E-state index contributed by atoms with van der Waals surface area (Å²) in [4.78, 5) is 10.5. The molecule has 1 atom stereocenters. The van der Waals surface area contributed by atoms with Crippen LogP contribution in [0.15, 0.2) is 12.3 Å². The number of hydrogen-bond acceptors (Lipinski definition) is 3. The van der Waals surface area contributed by atoms with Gasteiger partial charge in [-0.1, -0.05) is 0 Å². The predicted octanol–water partition coefficient (Wildman–Crippen LogP) is 2.11. The molecule has 0 radical (unpaired) electrons. The second-order valence-electron chi connectivity index (χ2n) is 3.78. The maximum Gasteiger partial charge on any atom is 0.222 e. The average molecular weight is 212 g/mol. The van der Waals surface area contributed by atoms with Crippen LogP contribution in [0.3, 0.4) is 0 Å². The number of nitrogens with zero attached hydrogens (tertiary/aromatic N) is 3. The van der Waals surface area contributed by atoms with Crippen LogP contribution < -0.4 is 0 Å². The second kappa shape index (κ2) is 4.24. The van der Waals surface area contributed by atoms with E-state index in [-0.39, 0.29) is 0 Å². The van der Waals surface area contributed by atoms with Crippen molar-refractivity contribution >= 4 is 11.6 Å². The van der Waals surface area contributed by atoms with Crippen molar-refractivity contribution in [2.75, 3.05) is 6.54 Å². The van der Waals surface area contributed by atoms with Crippen LogP contribution in [0.1, 0.15) is 25.5 Å². The lowest BCUT2D eigenvalue weighted by molar-refractivity contribution is 0.257. The SMILES string of the molecule is CC1CCCN1Cc1ccnc(Cl)n1. The zero-order chi connectivity index (χ0) is 9.97. The van der Waals surface area contributed by atoms with E-state index in [1.54, 1.807) is 6.20 Å². The van der Waals surface area contributed by atoms with Crippen LogP contribution >= 0.6 is 11.6 Å². The van der Waals surface area contributed by atoms with E-state index >= 15 is 0 Å². The van der Waals surface area contributed by atoms with Gasteiger partial charge in [0, 0.05) is 18.8 Å². The summed E-state index contributed by atoms with van der Waals surface area (Å²) in [5, 5.41) is 0.342. The van der Waals surface area contributed by atoms with Crippen molar-refractivity contribution in [3.63, 3.8) is 0 Å². The Kier molecular flexibility index (Phi) is 2.99. The number of halogens is 1. The normalized spacial score (nSPS) is 22.9. The van der Waals surface area contributed by atoms with Crippen LogP contribution in [0.25, 0.3) is 0 Å².